The highest BCUT2D eigenvalue weighted by molar-refractivity contribution is 5.81. The minimum Gasteiger partial charge on any atom is -0.343 e. The molecule has 0 unspecified atom stereocenters. The average Bonchev–Trinajstić information content (AvgIpc) is 2.91. The van der Waals surface area contributed by atoms with Crippen molar-refractivity contribution in [1.29, 1.82) is 10.5 Å². The fourth-order valence-electron chi connectivity index (χ4n) is 2.36. The fourth-order valence-corrected chi connectivity index (χ4v) is 2.36. The average molecular weight is 275 g/mol. The fraction of sp³-hybridized carbons (Fsp3) is 0.0588. The zero-order valence-corrected chi connectivity index (χ0v) is 11.0. The maximum atomic E-state index is 13.3. The largest absolute Gasteiger partial charge is 0.343 e. The predicted octanol–water partition coefficient (Wildman–Crippen LogP) is 3.57. The van der Waals surface area contributed by atoms with E-state index >= 15 is 0 Å². The van der Waals surface area contributed by atoms with Crippen LogP contribution in [0.2, 0.25) is 0 Å². The monoisotopic (exact) mass is 275 g/mol. The number of hydrogen-bond donors (Lipinski definition) is 0. The van der Waals surface area contributed by atoms with Gasteiger partial charge in [0.25, 0.3) is 0 Å². The maximum absolute atomic E-state index is 13.3. The molecule has 100 valence electrons. The van der Waals surface area contributed by atoms with E-state index in [9.17, 15) is 4.39 Å². The number of halogens is 1. The van der Waals surface area contributed by atoms with Gasteiger partial charge in [0.2, 0.25) is 0 Å². The maximum Gasteiger partial charge on any atom is 0.140 e. The van der Waals surface area contributed by atoms with Gasteiger partial charge in [-0.1, -0.05) is 6.07 Å². The quantitative estimate of drug-likeness (QED) is 0.717. The van der Waals surface area contributed by atoms with E-state index in [0.717, 1.165) is 16.5 Å². The van der Waals surface area contributed by atoms with Crippen molar-refractivity contribution in [3.63, 3.8) is 0 Å². The van der Waals surface area contributed by atoms with Gasteiger partial charge in [-0.05, 0) is 42.0 Å². The van der Waals surface area contributed by atoms with Crippen molar-refractivity contribution >= 4 is 10.9 Å². The van der Waals surface area contributed by atoms with E-state index in [-0.39, 0.29) is 5.56 Å². The Morgan fingerprint density at radius 2 is 1.86 bits per heavy atom. The summed E-state index contributed by atoms with van der Waals surface area (Å²) in [6.07, 6.45) is 1.92. The molecule has 0 N–H and O–H groups in total. The summed E-state index contributed by atoms with van der Waals surface area (Å²) < 4.78 is 15.3. The predicted molar refractivity (Wildman–Crippen MR) is 76.9 cm³/mol. The topological polar surface area (TPSA) is 52.5 Å². The lowest BCUT2D eigenvalue weighted by Crippen LogP contribution is -1.99. The lowest BCUT2D eigenvalue weighted by atomic mass is 10.1. The molecule has 1 aromatic heterocycles. The molecule has 0 saturated carbocycles. The first-order valence-electron chi connectivity index (χ1n) is 6.39. The van der Waals surface area contributed by atoms with Crippen LogP contribution in [0.5, 0.6) is 0 Å². The van der Waals surface area contributed by atoms with Crippen LogP contribution in [0.4, 0.5) is 4.39 Å². The molecule has 4 heteroatoms. The zero-order valence-electron chi connectivity index (χ0n) is 11.0. The Hall–Kier alpha value is -3.11. The van der Waals surface area contributed by atoms with Gasteiger partial charge < -0.3 is 4.57 Å². The summed E-state index contributed by atoms with van der Waals surface area (Å²) in [5.41, 5.74) is 2.52. The summed E-state index contributed by atoms with van der Waals surface area (Å²) in [6, 6.07) is 15.9. The minimum atomic E-state index is -0.503. The first kappa shape index (κ1) is 12.9. The molecule has 1 heterocycles. The molecule has 0 aliphatic rings. The normalized spacial score (nSPS) is 10.2. The first-order chi connectivity index (χ1) is 10.2. The summed E-state index contributed by atoms with van der Waals surface area (Å²) in [5.74, 6) is -0.503. The molecular formula is C17H10FN3. The van der Waals surface area contributed by atoms with Gasteiger partial charge >= 0.3 is 0 Å². The van der Waals surface area contributed by atoms with Gasteiger partial charge in [0.1, 0.15) is 11.9 Å². The van der Waals surface area contributed by atoms with E-state index in [1.165, 1.54) is 6.07 Å². The standard InChI is InChI=1S/C17H10FN3/c18-16-3-1-13(8-15(16)10-20)11-21-6-5-14-7-12(9-19)2-4-17(14)21/h1-8H,11H2. The summed E-state index contributed by atoms with van der Waals surface area (Å²) in [4.78, 5) is 0. The molecule has 0 aliphatic carbocycles. The number of benzene rings is 2. The van der Waals surface area contributed by atoms with Crippen LogP contribution in [-0.2, 0) is 6.54 Å². The minimum absolute atomic E-state index is 0.0516. The van der Waals surface area contributed by atoms with Gasteiger partial charge in [-0.3, -0.25) is 0 Å². The number of nitrogens with zero attached hydrogens (tertiary/aromatic N) is 3. The van der Waals surface area contributed by atoms with Crippen LogP contribution in [0.25, 0.3) is 10.9 Å². The van der Waals surface area contributed by atoms with E-state index in [2.05, 4.69) is 6.07 Å². The second kappa shape index (κ2) is 5.11. The van der Waals surface area contributed by atoms with Gasteiger partial charge in [-0.2, -0.15) is 10.5 Å². The van der Waals surface area contributed by atoms with Crippen molar-refractivity contribution in [2.45, 2.75) is 6.54 Å². The Bertz CT molecular complexity index is 910. The Balaban J connectivity index is 1.99. The highest BCUT2D eigenvalue weighted by Crippen LogP contribution is 2.19. The third-order valence-corrected chi connectivity index (χ3v) is 3.40. The van der Waals surface area contributed by atoms with Crippen molar-refractivity contribution in [2.24, 2.45) is 0 Å². The third kappa shape index (κ3) is 2.35. The van der Waals surface area contributed by atoms with Crippen LogP contribution in [0.15, 0.2) is 48.7 Å². The van der Waals surface area contributed by atoms with Crippen LogP contribution in [0, 0.1) is 28.5 Å². The van der Waals surface area contributed by atoms with E-state index < -0.39 is 5.82 Å². The summed E-state index contributed by atoms with van der Waals surface area (Å²) >= 11 is 0. The summed E-state index contributed by atoms with van der Waals surface area (Å²) in [6.45, 7) is 0.546. The molecule has 3 rings (SSSR count). The van der Waals surface area contributed by atoms with E-state index in [0.29, 0.717) is 12.1 Å². The molecular weight excluding hydrogens is 265 g/mol. The van der Waals surface area contributed by atoms with Gasteiger partial charge in [0.15, 0.2) is 0 Å². The van der Waals surface area contributed by atoms with Gasteiger partial charge in [0.05, 0.1) is 17.2 Å². The van der Waals surface area contributed by atoms with Crippen molar-refractivity contribution < 1.29 is 4.39 Å². The Morgan fingerprint density at radius 3 is 2.62 bits per heavy atom. The summed E-state index contributed by atoms with van der Waals surface area (Å²) in [7, 11) is 0. The van der Waals surface area contributed by atoms with Crippen LogP contribution in [0.1, 0.15) is 16.7 Å². The number of aromatic nitrogens is 1. The van der Waals surface area contributed by atoms with E-state index in [1.807, 2.05) is 35.0 Å². The second-order valence-corrected chi connectivity index (χ2v) is 4.76. The van der Waals surface area contributed by atoms with Gasteiger partial charge in [-0.15, -0.1) is 0 Å². The molecule has 0 aliphatic heterocycles. The molecule has 0 saturated heterocycles. The van der Waals surface area contributed by atoms with Crippen molar-refractivity contribution in [3.8, 4) is 12.1 Å². The molecule has 0 bridgehead atoms. The molecule has 3 aromatic rings. The first-order valence-corrected chi connectivity index (χ1v) is 6.39. The van der Waals surface area contributed by atoms with Crippen LogP contribution in [0.3, 0.4) is 0 Å². The highest BCUT2D eigenvalue weighted by Gasteiger charge is 2.06. The van der Waals surface area contributed by atoms with Crippen molar-refractivity contribution in [1.82, 2.24) is 4.57 Å². The number of nitriles is 2. The van der Waals surface area contributed by atoms with E-state index in [4.69, 9.17) is 10.5 Å². The van der Waals surface area contributed by atoms with Gasteiger partial charge in [-0.25, -0.2) is 4.39 Å². The lowest BCUT2D eigenvalue weighted by Gasteiger charge is -2.06. The Labute approximate surface area is 121 Å². The van der Waals surface area contributed by atoms with Gasteiger partial charge in [0, 0.05) is 23.6 Å². The molecule has 3 nitrogen and oxygen atoms in total. The molecule has 0 fully saturated rings. The smallest absolute Gasteiger partial charge is 0.140 e. The molecule has 0 amide bonds. The molecule has 2 aromatic carbocycles. The van der Waals surface area contributed by atoms with Crippen molar-refractivity contribution in [3.05, 3.63) is 71.2 Å². The molecule has 0 radical (unpaired) electrons. The summed E-state index contributed by atoms with van der Waals surface area (Å²) in [5, 5.41) is 18.8. The van der Waals surface area contributed by atoms with Crippen LogP contribution < -0.4 is 0 Å². The number of hydrogen-bond acceptors (Lipinski definition) is 2. The van der Waals surface area contributed by atoms with E-state index in [1.54, 1.807) is 18.2 Å². The van der Waals surface area contributed by atoms with Crippen LogP contribution in [-0.4, -0.2) is 4.57 Å². The third-order valence-electron chi connectivity index (χ3n) is 3.40. The second-order valence-electron chi connectivity index (χ2n) is 4.76. The Morgan fingerprint density at radius 1 is 1.00 bits per heavy atom. The SMILES string of the molecule is N#Cc1ccc2c(ccn2Cc2ccc(F)c(C#N)c2)c1. The van der Waals surface area contributed by atoms with Crippen LogP contribution >= 0.6 is 0 Å². The number of fused-ring (bicyclic) bond motifs is 1. The molecule has 0 atom stereocenters. The van der Waals surface area contributed by atoms with Crippen molar-refractivity contribution in [2.75, 3.05) is 0 Å². The molecule has 21 heavy (non-hydrogen) atoms. The lowest BCUT2D eigenvalue weighted by molar-refractivity contribution is 0.622. The zero-order chi connectivity index (χ0) is 14.8. The highest BCUT2D eigenvalue weighted by atomic mass is 19.1. The number of rotatable bonds is 2. The molecule has 0 spiro atoms. The Kier molecular flexibility index (Phi) is 3.14.